The van der Waals surface area contributed by atoms with Crippen LogP contribution in [0.15, 0.2) is 42.6 Å². The van der Waals surface area contributed by atoms with Crippen molar-refractivity contribution in [2.45, 2.75) is 6.61 Å². The van der Waals surface area contributed by atoms with E-state index in [9.17, 15) is 4.79 Å². The van der Waals surface area contributed by atoms with E-state index in [4.69, 9.17) is 22.1 Å². The number of nitrogens with two attached hydrogens (primary N) is 1. The van der Waals surface area contributed by atoms with Crippen LogP contribution in [0.25, 0.3) is 11.1 Å². The standard InChI is InChI=1S/C18H18ClN5O2/c1-24-15(7-8-21-24)18(25)23-16-6-4-12(17(20)22-16)13-9-11(10-26-2)3-5-14(13)19/h3-9H,10H2,1-2H3,(H3,20,22,23,25). The Labute approximate surface area is 155 Å². The van der Waals surface area contributed by atoms with Crippen molar-refractivity contribution in [3.8, 4) is 11.1 Å². The van der Waals surface area contributed by atoms with Gasteiger partial charge < -0.3 is 15.8 Å². The molecule has 0 radical (unpaired) electrons. The topological polar surface area (TPSA) is 95.1 Å². The lowest BCUT2D eigenvalue weighted by Gasteiger charge is -2.11. The lowest BCUT2D eigenvalue weighted by Crippen LogP contribution is -2.17. The number of nitrogen functional groups attached to an aromatic ring is 1. The molecule has 1 amide bonds. The Kier molecular flexibility index (Phi) is 5.20. The van der Waals surface area contributed by atoms with Crippen LogP contribution in [0.1, 0.15) is 16.1 Å². The number of aromatic nitrogens is 3. The maximum atomic E-state index is 12.2. The highest BCUT2D eigenvalue weighted by Gasteiger charge is 2.14. The Morgan fingerprint density at radius 2 is 2.08 bits per heavy atom. The lowest BCUT2D eigenvalue weighted by atomic mass is 10.0. The largest absolute Gasteiger partial charge is 0.383 e. The van der Waals surface area contributed by atoms with Crippen molar-refractivity contribution < 1.29 is 9.53 Å². The summed E-state index contributed by atoms with van der Waals surface area (Å²) in [7, 11) is 3.32. The van der Waals surface area contributed by atoms with Crippen molar-refractivity contribution in [2.24, 2.45) is 7.05 Å². The molecule has 3 rings (SSSR count). The molecule has 3 aromatic rings. The van der Waals surface area contributed by atoms with Crippen molar-refractivity contribution in [3.05, 3.63) is 58.9 Å². The van der Waals surface area contributed by atoms with Crippen LogP contribution in [-0.4, -0.2) is 27.8 Å². The fourth-order valence-corrected chi connectivity index (χ4v) is 2.80. The number of hydrogen-bond donors (Lipinski definition) is 2. The molecule has 0 aliphatic heterocycles. The quantitative estimate of drug-likeness (QED) is 0.718. The third kappa shape index (κ3) is 3.68. The number of nitrogens with zero attached hydrogens (tertiary/aromatic N) is 3. The van der Waals surface area contributed by atoms with Gasteiger partial charge in [-0.15, -0.1) is 0 Å². The first-order chi connectivity index (χ1) is 12.5. The van der Waals surface area contributed by atoms with Gasteiger partial charge in [-0.25, -0.2) is 4.98 Å². The van der Waals surface area contributed by atoms with Gasteiger partial charge in [0.25, 0.3) is 5.91 Å². The van der Waals surface area contributed by atoms with Gasteiger partial charge in [-0.2, -0.15) is 5.10 Å². The number of rotatable bonds is 5. The van der Waals surface area contributed by atoms with Gasteiger partial charge in [-0.05, 0) is 35.9 Å². The molecule has 0 atom stereocenters. The van der Waals surface area contributed by atoms with Crippen LogP contribution in [0.4, 0.5) is 11.6 Å². The fourth-order valence-electron chi connectivity index (χ4n) is 2.58. The zero-order valence-electron chi connectivity index (χ0n) is 14.4. The van der Waals surface area contributed by atoms with Crippen LogP contribution in [0.5, 0.6) is 0 Å². The third-order valence-corrected chi connectivity index (χ3v) is 4.18. The molecule has 8 heteroatoms. The molecule has 134 valence electrons. The molecular formula is C18H18ClN5O2. The van der Waals surface area contributed by atoms with E-state index in [1.54, 1.807) is 44.6 Å². The number of hydrogen-bond acceptors (Lipinski definition) is 5. The summed E-state index contributed by atoms with van der Waals surface area (Å²) in [5, 5.41) is 7.24. The second kappa shape index (κ2) is 7.55. The number of carbonyl (C=O) groups excluding carboxylic acids is 1. The molecule has 7 nitrogen and oxygen atoms in total. The lowest BCUT2D eigenvalue weighted by molar-refractivity contribution is 0.101. The molecule has 2 heterocycles. The fraction of sp³-hybridized carbons (Fsp3) is 0.167. The van der Waals surface area contributed by atoms with E-state index in [-0.39, 0.29) is 11.7 Å². The molecule has 0 fully saturated rings. The monoisotopic (exact) mass is 371 g/mol. The summed E-state index contributed by atoms with van der Waals surface area (Å²) in [4.78, 5) is 16.5. The molecule has 0 aliphatic carbocycles. The molecule has 0 spiro atoms. The van der Waals surface area contributed by atoms with E-state index < -0.39 is 0 Å². The van der Waals surface area contributed by atoms with Gasteiger partial charge in [0, 0.05) is 36.5 Å². The summed E-state index contributed by atoms with van der Waals surface area (Å²) in [5.74, 6) is 0.302. The van der Waals surface area contributed by atoms with Gasteiger partial charge in [0.05, 0.1) is 6.61 Å². The molecule has 0 saturated heterocycles. The second-order valence-corrected chi connectivity index (χ2v) is 6.08. The Morgan fingerprint density at radius 1 is 1.27 bits per heavy atom. The van der Waals surface area contributed by atoms with E-state index in [0.717, 1.165) is 11.1 Å². The van der Waals surface area contributed by atoms with E-state index in [1.165, 1.54) is 4.68 Å². The molecule has 1 aromatic carbocycles. The third-order valence-electron chi connectivity index (χ3n) is 3.85. The highest BCUT2D eigenvalue weighted by molar-refractivity contribution is 6.33. The zero-order chi connectivity index (χ0) is 18.7. The van der Waals surface area contributed by atoms with Crippen LogP contribution in [0.2, 0.25) is 5.02 Å². The first kappa shape index (κ1) is 17.9. The number of halogens is 1. The van der Waals surface area contributed by atoms with Gasteiger partial charge in [-0.1, -0.05) is 17.7 Å². The van der Waals surface area contributed by atoms with E-state index in [2.05, 4.69) is 15.4 Å². The van der Waals surface area contributed by atoms with E-state index in [1.807, 2.05) is 12.1 Å². The van der Waals surface area contributed by atoms with Gasteiger partial charge in [0.15, 0.2) is 0 Å². The average molecular weight is 372 g/mol. The van der Waals surface area contributed by atoms with Crippen molar-refractivity contribution in [1.82, 2.24) is 14.8 Å². The number of nitrogens with one attached hydrogen (secondary N) is 1. The zero-order valence-corrected chi connectivity index (χ0v) is 15.1. The summed E-state index contributed by atoms with van der Waals surface area (Å²) >= 11 is 6.31. The molecule has 2 aromatic heterocycles. The number of benzene rings is 1. The Balaban J connectivity index is 1.87. The Hall–Kier alpha value is -2.90. The Bertz CT molecular complexity index is 955. The number of methoxy groups -OCH3 is 1. The number of aryl methyl sites for hydroxylation is 1. The maximum Gasteiger partial charge on any atom is 0.275 e. The molecule has 0 unspecified atom stereocenters. The summed E-state index contributed by atoms with van der Waals surface area (Å²) in [6.07, 6.45) is 1.55. The maximum absolute atomic E-state index is 12.2. The highest BCUT2D eigenvalue weighted by atomic mass is 35.5. The normalized spacial score (nSPS) is 10.7. The van der Waals surface area contributed by atoms with Crippen LogP contribution in [0.3, 0.4) is 0 Å². The predicted molar refractivity (Wildman–Crippen MR) is 101 cm³/mol. The summed E-state index contributed by atoms with van der Waals surface area (Å²) in [5.41, 5.74) is 8.94. The minimum Gasteiger partial charge on any atom is -0.383 e. The minimum atomic E-state index is -0.315. The van der Waals surface area contributed by atoms with E-state index >= 15 is 0 Å². The number of carbonyl (C=O) groups is 1. The van der Waals surface area contributed by atoms with Crippen LogP contribution >= 0.6 is 11.6 Å². The van der Waals surface area contributed by atoms with Gasteiger partial charge in [0.2, 0.25) is 0 Å². The summed E-state index contributed by atoms with van der Waals surface area (Å²) in [6.45, 7) is 0.469. The average Bonchev–Trinajstić information content (AvgIpc) is 3.03. The first-order valence-corrected chi connectivity index (χ1v) is 8.21. The van der Waals surface area contributed by atoms with Gasteiger partial charge in [0.1, 0.15) is 17.3 Å². The van der Waals surface area contributed by atoms with Crippen LogP contribution in [-0.2, 0) is 18.4 Å². The Morgan fingerprint density at radius 3 is 2.73 bits per heavy atom. The smallest absolute Gasteiger partial charge is 0.275 e. The number of amides is 1. The molecule has 3 N–H and O–H groups in total. The number of pyridine rings is 1. The predicted octanol–water partition coefficient (Wildman–Crippen LogP) is 3.12. The van der Waals surface area contributed by atoms with Crippen molar-refractivity contribution in [3.63, 3.8) is 0 Å². The molecular weight excluding hydrogens is 354 g/mol. The van der Waals surface area contributed by atoms with Crippen LogP contribution in [0, 0.1) is 0 Å². The SMILES string of the molecule is COCc1ccc(Cl)c(-c2ccc(NC(=O)c3ccnn3C)nc2N)c1. The van der Waals surface area contributed by atoms with Crippen molar-refractivity contribution in [1.29, 1.82) is 0 Å². The van der Waals surface area contributed by atoms with Crippen LogP contribution < -0.4 is 11.1 Å². The minimum absolute atomic E-state index is 0.268. The van der Waals surface area contributed by atoms with E-state index in [0.29, 0.717) is 28.7 Å². The molecule has 0 saturated carbocycles. The number of ether oxygens (including phenoxy) is 1. The highest BCUT2D eigenvalue weighted by Crippen LogP contribution is 2.33. The number of anilines is 2. The molecule has 0 bridgehead atoms. The molecule has 0 aliphatic rings. The summed E-state index contributed by atoms with van der Waals surface area (Å²) in [6, 6.07) is 10.7. The van der Waals surface area contributed by atoms with Crippen molar-refractivity contribution >= 4 is 29.1 Å². The summed E-state index contributed by atoms with van der Waals surface area (Å²) < 4.78 is 6.63. The molecule has 26 heavy (non-hydrogen) atoms. The van der Waals surface area contributed by atoms with Gasteiger partial charge in [-0.3, -0.25) is 9.48 Å². The second-order valence-electron chi connectivity index (χ2n) is 5.67. The first-order valence-electron chi connectivity index (χ1n) is 7.83. The van der Waals surface area contributed by atoms with Gasteiger partial charge >= 0.3 is 0 Å². The van der Waals surface area contributed by atoms with Crippen molar-refractivity contribution in [2.75, 3.05) is 18.2 Å².